The molecule has 5 nitrogen and oxygen atoms in total. The fourth-order valence-electron chi connectivity index (χ4n) is 3.81. The van der Waals surface area contributed by atoms with Crippen molar-refractivity contribution in [2.75, 3.05) is 13.2 Å². The Balaban J connectivity index is 1.54. The lowest BCUT2D eigenvalue weighted by Crippen LogP contribution is -2.36. The van der Waals surface area contributed by atoms with Crippen LogP contribution in [0.5, 0.6) is 0 Å². The second-order valence-electron chi connectivity index (χ2n) is 6.49. The van der Waals surface area contributed by atoms with Crippen LogP contribution in [0.15, 0.2) is 48.5 Å². The Morgan fingerprint density at radius 2 is 1.76 bits per heavy atom. The number of hydrogen-bond acceptors (Lipinski definition) is 4. The van der Waals surface area contributed by atoms with Crippen molar-refractivity contribution >= 4 is 6.09 Å². The van der Waals surface area contributed by atoms with Crippen molar-refractivity contribution in [3.63, 3.8) is 0 Å². The molecule has 2 unspecified atom stereocenters. The van der Waals surface area contributed by atoms with Gasteiger partial charge in [-0.3, -0.25) is 4.90 Å². The van der Waals surface area contributed by atoms with Gasteiger partial charge in [-0.05, 0) is 22.3 Å². The number of fused-ring (bicyclic) bond motifs is 3. The third kappa shape index (κ3) is 2.65. The molecule has 1 fully saturated rings. The van der Waals surface area contributed by atoms with Crippen LogP contribution >= 0.6 is 0 Å². The Labute approximate surface area is 146 Å². The molecule has 126 valence electrons. The van der Waals surface area contributed by atoms with Crippen LogP contribution in [0.4, 0.5) is 4.79 Å². The maximum absolute atomic E-state index is 12.4. The fourth-order valence-corrected chi connectivity index (χ4v) is 3.81. The number of amides is 1. The van der Waals surface area contributed by atoms with Gasteiger partial charge in [-0.2, -0.15) is 5.26 Å². The van der Waals surface area contributed by atoms with E-state index in [0.29, 0.717) is 0 Å². The molecule has 25 heavy (non-hydrogen) atoms. The SMILES string of the molecule is N#CC1CC(O)CN1C(=O)OCC1c2ccccc2-c2ccccc21. The third-order valence-corrected chi connectivity index (χ3v) is 5.00. The molecule has 1 N–H and O–H groups in total. The number of nitrogens with zero attached hydrogens (tertiary/aromatic N) is 2. The van der Waals surface area contributed by atoms with Gasteiger partial charge < -0.3 is 9.84 Å². The molecule has 0 aromatic heterocycles. The van der Waals surface area contributed by atoms with Gasteiger partial charge in [0.1, 0.15) is 12.6 Å². The molecule has 5 heteroatoms. The molecular formula is C20H18N2O3. The molecule has 2 aromatic carbocycles. The van der Waals surface area contributed by atoms with Crippen molar-refractivity contribution in [2.45, 2.75) is 24.5 Å². The first-order valence-corrected chi connectivity index (χ1v) is 8.38. The van der Waals surface area contributed by atoms with E-state index in [4.69, 9.17) is 10.00 Å². The smallest absolute Gasteiger partial charge is 0.410 e. The molecule has 1 saturated heterocycles. The van der Waals surface area contributed by atoms with Crippen molar-refractivity contribution in [2.24, 2.45) is 0 Å². The summed E-state index contributed by atoms with van der Waals surface area (Å²) >= 11 is 0. The van der Waals surface area contributed by atoms with Crippen LogP contribution < -0.4 is 0 Å². The summed E-state index contributed by atoms with van der Waals surface area (Å²) in [7, 11) is 0. The lowest BCUT2D eigenvalue weighted by Gasteiger charge is -2.21. The van der Waals surface area contributed by atoms with Gasteiger partial charge in [0.05, 0.1) is 18.7 Å². The van der Waals surface area contributed by atoms with Crippen molar-refractivity contribution in [3.05, 3.63) is 59.7 Å². The molecule has 1 aliphatic heterocycles. The summed E-state index contributed by atoms with van der Waals surface area (Å²) in [5, 5.41) is 18.8. The second kappa shape index (κ2) is 6.23. The van der Waals surface area contributed by atoms with Crippen LogP contribution in [0.25, 0.3) is 11.1 Å². The van der Waals surface area contributed by atoms with E-state index in [9.17, 15) is 9.90 Å². The number of likely N-dealkylation sites (tertiary alicyclic amines) is 1. The van der Waals surface area contributed by atoms with Crippen LogP contribution in [0.3, 0.4) is 0 Å². The molecule has 2 aromatic rings. The van der Waals surface area contributed by atoms with Crippen molar-refractivity contribution in [3.8, 4) is 17.2 Å². The summed E-state index contributed by atoms with van der Waals surface area (Å²) in [6, 6.07) is 17.7. The van der Waals surface area contributed by atoms with Crippen LogP contribution in [0.1, 0.15) is 23.5 Å². The number of benzene rings is 2. The van der Waals surface area contributed by atoms with Crippen LogP contribution in [-0.2, 0) is 4.74 Å². The second-order valence-corrected chi connectivity index (χ2v) is 6.49. The normalized spacial score (nSPS) is 21.5. The zero-order valence-corrected chi connectivity index (χ0v) is 13.6. The van der Waals surface area contributed by atoms with E-state index < -0.39 is 18.2 Å². The highest BCUT2D eigenvalue weighted by Crippen LogP contribution is 2.44. The first kappa shape index (κ1) is 15.7. The van der Waals surface area contributed by atoms with Gasteiger partial charge >= 0.3 is 6.09 Å². The monoisotopic (exact) mass is 334 g/mol. The number of β-amino-alcohol motifs (C(OH)–C–C–N with tert-alkyl or cyclic N) is 1. The fraction of sp³-hybridized carbons (Fsp3) is 0.300. The highest BCUT2D eigenvalue weighted by molar-refractivity contribution is 5.79. The molecule has 1 amide bonds. The number of nitriles is 1. The highest BCUT2D eigenvalue weighted by atomic mass is 16.6. The predicted octanol–water partition coefficient (Wildman–Crippen LogP) is 2.89. The molecule has 0 radical (unpaired) electrons. The standard InChI is InChI=1S/C20H18N2O3/c21-10-13-9-14(23)11-22(13)20(24)25-12-19-17-7-3-1-5-15(17)16-6-2-4-8-18(16)19/h1-8,13-14,19,23H,9,11-12H2. The minimum Gasteiger partial charge on any atom is -0.448 e. The van der Waals surface area contributed by atoms with E-state index in [1.54, 1.807) is 0 Å². The van der Waals surface area contributed by atoms with Crippen molar-refractivity contribution in [1.82, 2.24) is 4.90 Å². The number of carbonyl (C=O) groups excluding carboxylic acids is 1. The van der Waals surface area contributed by atoms with E-state index in [1.165, 1.54) is 16.0 Å². The summed E-state index contributed by atoms with van der Waals surface area (Å²) in [5.41, 5.74) is 4.64. The van der Waals surface area contributed by atoms with Gasteiger partial charge in [0, 0.05) is 12.3 Å². The maximum Gasteiger partial charge on any atom is 0.410 e. The van der Waals surface area contributed by atoms with Gasteiger partial charge in [-0.15, -0.1) is 0 Å². The van der Waals surface area contributed by atoms with Gasteiger partial charge in [0.25, 0.3) is 0 Å². The first-order chi connectivity index (χ1) is 12.2. The van der Waals surface area contributed by atoms with Crippen LogP contribution in [0.2, 0.25) is 0 Å². The molecule has 0 spiro atoms. The first-order valence-electron chi connectivity index (χ1n) is 8.38. The van der Waals surface area contributed by atoms with Crippen LogP contribution in [-0.4, -0.2) is 41.4 Å². The zero-order valence-electron chi connectivity index (χ0n) is 13.6. The lowest BCUT2D eigenvalue weighted by molar-refractivity contribution is 0.0959. The summed E-state index contributed by atoms with van der Waals surface area (Å²) < 4.78 is 5.53. The van der Waals surface area contributed by atoms with E-state index in [2.05, 4.69) is 24.3 Å². The molecular weight excluding hydrogens is 316 g/mol. The lowest BCUT2D eigenvalue weighted by atomic mass is 9.98. The topological polar surface area (TPSA) is 73.6 Å². The molecule has 0 bridgehead atoms. The van der Waals surface area contributed by atoms with E-state index >= 15 is 0 Å². The largest absolute Gasteiger partial charge is 0.448 e. The summed E-state index contributed by atoms with van der Waals surface area (Å²) in [4.78, 5) is 13.7. The van der Waals surface area contributed by atoms with Gasteiger partial charge in [0.2, 0.25) is 0 Å². The van der Waals surface area contributed by atoms with E-state index in [-0.39, 0.29) is 25.5 Å². The number of aliphatic hydroxyl groups is 1. The van der Waals surface area contributed by atoms with E-state index in [1.807, 2.05) is 30.3 Å². The number of aliphatic hydroxyl groups excluding tert-OH is 1. The Morgan fingerprint density at radius 3 is 2.36 bits per heavy atom. The number of carbonyl (C=O) groups is 1. The molecule has 4 rings (SSSR count). The van der Waals surface area contributed by atoms with Crippen molar-refractivity contribution in [1.29, 1.82) is 5.26 Å². The average molecular weight is 334 g/mol. The Bertz CT molecular complexity index is 813. The molecule has 0 saturated carbocycles. The molecule has 2 aliphatic rings. The number of ether oxygens (including phenoxy) is 1. The van der Waals surface area contributed by atoms with Crippen molar-refractivity contribution < 1.29 is 14.6 Å². The summed E-state index contributed by atoms with van der Waals surface area (Å²) in [6.45, 7) is 0.368. The van der Waals surface area contributed by atoms with Gasteiger partial charge in [-0.25, -0.2) is 4.79 Å². The summed E-state index contributed by atoms with van der Waals surface area (Å²) in [6.07, 6.45) is -0.921. The quantitative estimate of drug-likeness (QED) is 0.916. The zero-order chi connectivity index (χ0) is 17.4. The highest BCUT2D eigenvalue weighted by Gasteiger charge is 2.36. The minimum atomic E-state index is -0.662. The molecule has 1 aliphatic carbocycles. The Morgan fingerprint density at radius 1 is 1.16 bits per heavy atom. The van der Waals surface area contributed by atoms with Gasteiger partial charge in [-0.1, -0.05) is 48.5 Å². The molecule has 1 heterocycles. The Kier molecular flexibility index (Phi) is 3.90. The molecule has 2 atom stereocenters. The van der Waals surface area contributed by atoms with E-state index in [0.717, 1.165) is 11.1 Å². The minimum absolute atomic E-state index is 0.00980. The Hall–Kier alpha value is -2.84. The number of hydrogen-bond donors (Lipinski definition) is 1. The number of rotatable bonds is 2. The van der Waals surface area contributed by atoms with Gasteiger partial charge in [0.15, 0.2) is 0 Å². The third-order valence-electron chi connectivity index (χ3n) is 5.00. The van der Waals surface area contributed by atoms with Crippen LogP contribution in [0, 0.1) is 11.3 Å². The summed E-state index contributed by atoms with van der Waals surface area (Å²) in [5.74, 6) is -0.00980. The average Bonchev–Trinajstić information content (AvgIpc) is 3.18. The maximum atomic E-state index is 12.4. The predicted molar refractivity (Wildman–Crippen MR) is 91.8 cm³/mol.